The van der Waals surface area contributed by atoms with E-state index < -0.39 is 12.1 Å². The van der Waals surface area contributed by atoms with Gasteiger partial charge in [-0.15, -0.1) is 0 Å². The molecule has 1 fully saturated rings. The van der Waals surface area contributed by atoms with E-state index in [-0.39, 0.29) is 12.4 Å². The van der Waals surface area contributed by atoms with E-state index in [4.69, 9.17) is 9.47 Å². The summed E-state index contributed by atoms with van der Waals surface area (Å²) in [6, 6.07) is 13.5. The maximum Gasteiger partial charge on any atom is 0.337 e. The van der Waals surface area contributed by atoms with Crippen LogP contribution in [0.2, 0.25) is 0 Å². The number of aliphatic hydroxyl groups excluding tert-OH is 1. The number of carbonyl (C=O) groups is 1. The SMILES string of the molecule is COC(=O)c1cccc(OC[C@@H](O)C[NH+]2CCN(c3ccccc3F)CC2)c1. The Bertz CT molecular complexity index is 793. The van der Waals surface area contributed by atoms with E-state index in [1.165, 1.54) is 18.1 Å². The van der Waals surface area contributed by atoms with Gasteiger partial charge in [0.15, 0.2) is 0 Å². The van der Waals surface area contributed by atoms with Crippen LogP contribution < -0.4 is 14.5 Å². The van der Waals surface area contributed by atoms with Crippen LogP contribution >= 0.6 is 0 Å². The van der Waals surface area contributed by atoms with E-state index in [1.807, 2.05) is 11.0 Å². The van der Waals surface area contributed by atoms with Crippen molar-refractivity contribution in [2.75, 3.05) is 51.3 Å². The molecule has 2 aromatic rings. The molecule has 0 spiro atoms. The van der Waals surface area contributed by atoms with Gasteiger partial charge in [-0.2, -0.15) is 0 Å². The number of nitrogens with one attached hydrogen (secondary N) is 1. The second-order valence-electron chi connectivity index (χ2n) is 6.88. The Hall–Kier alpha value is -2.64. The summed E-state index contributed by atoms with van der Waals surface area (Å²) in [5.41, 5.74) is 1.04. The molecule has 0 saturated carbocycles. The summed E-state index contributed by atoms with van der Waals surface area (Å²) in [6.45, 7) is 3.83. The number of ether oxygens (including phenoxy) is 2. The fourth-order valence-electron chi connectivity index (χ4n) is 3.39. The lowest BCUT2D eigenvalue weighted by Crippen LogP contribution is -3.16. The molecule has 2 aromatic carbocycles. The molecule has 1 heterocycles. The number of hydrogen-bond acceptors (Lipinski definition) is 5. The summed E-state index contributed by atoms with van der Waals surface area (Å²) in [4.78, 5) is 14.9. The van der Waals surface area contributed by atoms with Crippen molar-refractivity contribution in [3.8, 4) is 5.75 Å². The Morgan fingerprint density at radius 3 is 2.68 bits per heavy atom. The van der Waals surface area contributed by atoms with Gasteiger partial charge in [0.05, 0.1) is 44.5 Å². The van der Waals surface area contributed by atoms with Gasteiger partial charge in [-0.1, -0.05) is 18.2 Å². The van der Waals surface area contributed by atoms with Crippen LogP contribution in [0.3, 0.4) is 0 Å². The molecule has 6 nitrogen and oxygen atoms in total. The summed E-state index contributed by atoms with van der Waals surface area (Å²) < 4.78 is 24.2. The van der Waals surface area contributed by atoms with Crippen LogP contribution in [0.5, 0.6) is 5.75 Å². The minimum Gasteiger partial charge on any atom is -0.491 e. The van der Waals surface area contributed by atoms with Crippen molar-refractivity contribution >= 4 is 11.7 Å². The zero-order chi connectivity index (χ0) is 19.9. The molecule has 2 N–H and O–H groups in total. The summed E-state index contributed by atoms with van der Waals surface area (Å²) >= 11 is 0. The largest absolute Gasteiger partial charge is 0.491 e. The van der Waals surface area contributed by atoms with Gasteiger partial charge in [0.1, 0.15) is 30.8 Å². The molecule has 0 bridgehead atoms. The number of para-hydroxylation sites is 1. The minimum atomic E-state index is -0.628. The number of piperazine rings is 1. The number of anilines is 1. The van der Waals surface area contributed by atoms with Gasteiger partial charge in [-0.25, -0.2) is 9.18 Å². The van der Waals surface area contributed by atoms with Crippen molar-refractivity contribution in [3.63, 3.8) is 0 Å². The molecule has 28 heavy (non-hydrogen) atoms. The van der Waals surface area contributed by atoms with Crippen LogP contribution in [0.25, 0.3) is 0 Å². The average Bonchev–Trinajstić information content (AvgIpc) is 2.73. The van der Waals surface area contributed by atoms with E-state index >= 15 is 0 Å². The van der Waals surface area contributed by atoms with Gasteiger partial charge in [0, 0.05) is 0 Å². The molecule has 150 valence electrons. The normalized spacial score (nSPS) is 15.9. The van der Waals surface area contributed by atoms with E-state index in [2.05, 4.69) is 0 Å². The molecular formula is C21H26FN2O4+. The molecule has 1 saturated heterocycles. The predicted molar refractivity (Wildman–Crippen MR) is 103 cm³/mol. The number of carbonyl (C=O) groups excluding carboxylic acids is 1. The fourth-order valence-corrected chi connectivity index (χ4v) is 3.39. The molecule has 0 radical (unpaired) electrons. The summed E-state index contributed by atoms with van der Waals surface area (Å²) in [6.07, 6.45) is -0.628. The van der Waals surface area contributed by atoms with Crippen molar-refractivity contribution < 1.29 is 28.7 Å². The van der Waals surface area contributed by atoms with Gasteiger partial charge in [0.25, 0.3) is 0 Å². The topological polar surface area (TPSA) is 63.4 Å². The first-order valence-corrected chi connectivity index (χ1v) is 9.39. The maximum atomic E-state index is 13.9. The molecule has 1 aliphatic rings. The van der Waals surface area contributed by atoms with Crippen LogP contribution in [0.4, 0.5) is 10.1 Å². The zero-order valence-electron chi connectivity index (χ0n) is 15.9. The van der Waals surface area contributed by atoms with Crippen molar-refractivity contribution in [3.05, 3.63) is 59.9 Å². The Morgan fingerprint density at radius 2 is 1.96 bits per heavy atom. The van der Waals surface area contributed by atoms with Gasteiger partial charge in [-0.3, -0.25) is 0 Å². The third kappa shape index (κ3) is 5.21. The molecule has 0 amide bonds. The van der Waals surface area contributed by atoms with Gasteiger partial charge < -0.3 is 24.4 Å². The lowest BCUT2D eigenvalue weighted by Gasteiger charge is -2.34. The number of methoxy groups -OCH3 is 1. The van der Waals surface area contributed by atoms with Crippen molar-refractivity contribution in [1.82, 2.24) is 0 Å². The van der Waals surface area contributed by atoms with E-state index in [9.17, 15) is 14.3 Å². The van der Waals surface area contributed by atoms with Crippen LogP contribution in [0.1, 0.15) is 10.4 Å². The summed E-state index contributed by atoms with van der Waals surface area (Å²) in [5.74, 6) is -0.113. The van der Waals surface area contributed by atoms with Crippen LogP contribution in [-0.2, 0) is 4.74 Å². The van der Waals surface area contributed by atoms with Crippen molar-refractivity contribution in [2.24, 2.45) is 0 Å². The second-order valence-corrected chi connectivity index (χ2v) is 6.88. The van der Waals surface area contributed by atoms with E-state index in [0.717, 1.165) is 26.2 Å². The first-order chi connectivity index (χ1) is 13.6. The third-order valence-corrected chi connectivity index (χ3v) is 4.89. The van der Waals surface area contributed by atoms with E-state index in [1.54, 1.807) is 36.4 Å². The highest BCUT2D eigenvalue weighted by Gasteiger charge is 2.24. The lowest BCUT2D eigenvalue weighted by atomic mass is 10.2. The number of quaternary nitrogens is 1. The molecule has 0 aliphatic carbocycles. The fraction of sp³-hybridized carbons (Fsp3) is 0.381. The zero-order valence-corrected chi connectivity index (χ0v) is 15.9. The molecular weight excluding hydrogens is 363 g/mol. The molecule has 7 heteroatoms. The number of nitrogens with zero attached hydrogens (tertiary/aromatic N) is 1. The quantitative estimate of drug-likeness (QED) is 0.685. The summed E-state index contributed by atoms with van der Waals surface area (Å²) in [7, 11) is 1.33. The Kier molecular flexibility index (Phi) is 6.84. The molecule has 1 atom stereocenters. The monoisotopic (exact) mass is 389 g/mol. The van der Waals surface area contributed by atoms with Gasteiger partial charge >= 0.3 is 5.97 Å². The third-order valence-electron chi connectivity index (χ3n) is 4.89. The highest BCUT2D eigenvalue weighted by atomic mass is 19.1. The first kappa shape index (κ1) is 20.1. The smallest absolute Gasteiger partial charge is 0.337 e. The molecule has 0 unspecified atom stereocenters. The Labute approximate surface area is 164 Å². The molecule has 3 rings (SSSR count). The number of hydrogen-bond donors (Lipinski definition) is 2. The molecule has 1 aliphatic heterocycles. The lowest BCUT2D eigenvalue weighted by molar-refractivity contribution is -0.903. The Morgan fingerprint density at radius 1 is 1.21 bits per heavy atom. The predicted octanol–water partition coefficient (Wildman–Crippen LogP) is 0.757. The highest BCUT2D eigenvalue weighted by Crippen LogP contribution is 2.18. The number of halogens is 1. The van der Waals surface area contributed by atoms with E-state index in [0.29, 0.717) is 23.5 Å². The van der Waals surface area contributed by atoms with Crippen LogP contribution in [-0.4, -0.2) is 63.6 Å². The maximum absolute atomic E-state index is 13.9. The molecule has 0 aromatic heterocycles. The minimum absolute atomic E-state index is 0.144. The van der Waals surface area contributed by atoms with Gasteiger partial charge in [0.2, 0.25) is 0 Å². The standard InChI is InChI=1S/C21H25FN2O4/c1-27-21(26)16-5-4-6-18(13-16)28-15-17(25)14-23-9-11-24(12-10-23)20-8-3-2-7-19(20)22/h2-8,13,17,25H,9-12,14-15H2,1H3/p+1/t17-/m0/s1. The van der Waals surface area contributed by atoms with Crippen molar-refractivity contribution in [1.29, 1.82) is 0 Å². The van der Waals surface area contributed by atoms with Gasteiger partial charge in [-0.05, 0) is 30.3 Å². The average molecular weight is 389 g/mol. The highest BCUT2D eigenvalue weighted by molar-refractivity contribution is 5.89. The van der Waals surface area contributed by atoms with Crippen LogP contribution in [0, 0.1) is 5.82 Å². The first-order valence-electron chi connectivity index (χ1n) is 9.39. The Balaban J connectivity index is 1.44. The number of rotatable bonds is 7. The number of esters is 1. The number of benzene rings is 2. The second kappa shape index (κ2) is 9.52. The number of aliphatic hydroxyl groups is 1. The van der Waals surface area contributed by atoms with Crippen LogP contribution in [0.15, 0.2) is 48.5 Å². The van der Waals surface area contributed by atoms with Crippen molar-refractivity contribution in [2.45, 2.75) is 6.10 Å². The summed E-state index contributed by atoms with van der Waals surface area (Å²) in [5, 5.41) is 10.3.